The smallest absolute Gasteiger partial charge is 0.244 e. The molecule has 1 saturated heterocycles. The molecule has 0 aliphatic carbocycles. The number of amides is 1. The summed E-state index contributed by atoms with van der Waals surface area (Å²) < 4.78 is 9.62. The van der Waals surface area contributed by atoms with E-state index in [-0.39, 0.29) is 17.9 Å². The highest BCUT2D eigenvalue weighted by Gasteiger charge is 2.14. The maximum atomic E-state index is 13.1. The molecule has 0 spiro atoms. The number of fused-ring (bicyclic) bond motifs is 3. The number of carbonyl (C=O) groups is 1. The van der Waals surface area contributed by atoms with E-state index >= 15 is 0 Å². The van der Waals surface area contributed by atoms with Crippen molar-refractivity contribution in [3.63, 3.8) is 0 Å². The summed E-state index contributed by atoms with van der Waals surface area (Å²) in [5, 5.41) is 5.37. The highest BCUT2D eigenvalue weighted by Crippen LogP contribution is 2.22. The lowest BCUT2D eigenvalue weighted by atomic mass is 10.1. The molecule has 0 saturated carbocycles. The Bertz CT molecular complexity index is 1570. The average Bonchev–Trinajstić information content (AvgIpc) is 3.32. The fraction of sp³-hybridized carbons (Fsp3) is 0.241. The quantitative estimate of drug-likeness (QED) is 0.372. The summed E-state index contributed by atoms with van der Waals surface area (Å²) in [6.07, 6.45) is 2.11. The molecule has 0 radical (unpaired) electrons. The number of para-hydroxylation sites is 2. The summed E-state index contributed by atoms with van der Waals surface area (Å²) in [4.78, 5) is 28.5. The maximum absolute atomic E-state index is 13.1. The van der Waals surface area contributed by atoms with Crippen LogP contribution in [0.4, 0.5) is 5.69 Å². The number of rotatable bonds is 6. The summed E-state index contributed by atoms with van der Waals surface area (Å²) in [5.41, 5.74) is 3.40. The first-order chi connectivity index (χ1) is 17.7. The Labute approximate surface area is 208 Å². The van der Waals surface area contributed by atoms with Crippen molar-refractivity contribution in [2.24, 2.45) is 0 Å². The van der Waals surface area contributed by atoms with Gasteiger partial charge in [0, 0.05) is 59.7 Å². The van der Waals surface area contributed by atoms with Crippen LogP contribution in [0.3, 0.4) is 0 Å². The summed E-state index contributed by atoms with van der Waals surface area (Å²) in [6, 6.07) is 23.0. The largest absolute Gasteiger partial charge is 0.379 e. The Balaban J connectivity index is 1.22. The predicted octanol–water partition coefficient (Wildman–Crippen LogP) is 4.08. The lowest BCUT2D eigenvalue weighted by Crippen LogP contribution is -2.38. The second-order valence-corrected chi connectivity index (χ2v) is 9.23. The van der Waals surface area contributed by atoms with Crippen molar-refractivity contribution in [2.45, 2.75) is 13.1 Å². The van der Waals surface area contributed by atoms with Crippen LogP contribution in [-0.2, 0) is 22.6 Å². The monoisotopic (exact) mass is 480 g/mol. The van der Waals surface area contributed by atoms with E-state index in [2.05, 4.69) is 33.1 Å². The predicted molar refractivity (Wildman–Crippen MR) is 144 cm³/mol. The van der Waals surface area contributed by atoms with Crippen molar-refractivity contribution in [1.82, 2.24) is 14.0 Å². The fourth-order valence-electron chi connectivity index (χ4n) is 5.14. The van der Waals surface area contributed by atoms with Gasteiger partial charge in [0.2, 0.25) is 5.91 Å². The van der Waals surface area contributed by atoms with E-state index in [1.165, 1.54) is 0 Å². The third-order valence-electron chi connectivity index (χ3n) is 7.00. The van der Waals surface area contributed by atoms with E-state index in [0.717, 1.165) is 67.0 Å². The Kier molecular flexibility index (Phi) is 6.01. The van der Waals surface area contributed by atoms with Crippen LogP contribution in [0.15, 0.2) is 83.8 Å². The molecule has 7 heteroatoms. The Morgan fingerprint density at radius 2 is 1.53 bits per heavy atom. The highest BCUT2D eigenvalue weighted by atomic mass is 16.5. The molecular weight excluding hydrogens is 452 g/mol. The second kappa shape index (κ2) is 9.60. The van der Waals surface area contributed by atoms with Crippen molar-refractivity contribution in [2.75, 3.05) is 38.2 Å². The van der Waals surface area contributed by atoms with Crippen LogP contribution in [0.2, 0.25) is 0 Å². The normalized spacial score (nSPS) is 14.6. The molecule has 2 aromatic heterocycles. The number of ether oxygens (including phenoxy) is 1. The minimum Gasteiger partial charge on any atom is -0.379 e. The second-order valence-electron chi connectivity index (χ2n) is 9.23. The molecule has 0 unspecified atom stereocenters. The average molecular weight is 481 g/mol. The van der Waals surface area contributed by atoms with Gasteiger partial charge in [-0.05, 0) is 48.5 Å². The van der Waals surface area contributed by atoms with Gasteiger partial charge in [0.15, 0.2) is 5.43 Å². The third kappa shape index (κ3) is 4.27. The van der Waals surface area contributed by atoms with Gasteiger partial charge < -0.3 is 19.2 Å². The van der Waals surface area contributed by atoms with Crippen molar-refractivity contribution >= 4 is 44.3 Å². The first-order valence-corrected chi connectivity index (χ1v) is 12.4. The summed E-state index contributed by atoms with van der Waals surface area (Å²) in [5.74, 6) is -0.139. The van der Waals surface area contributed by atoms with Gasteiger partial charge in [0.05, 0.1) is 24.2 Å². The number of pyridine rings is 1. The van der Waals surface area contributed by atoms with E-state index in [0.29, 0.717) is 10.8 Å². The summed E-state index contributed by atoms with van der Waals surface area (Å²) >= 11 is 0. The van der Waals surface area contributed by atoms with Crippen LogP contribution >= 0.6 is 0 Å². The SMILES string of the molecule is O=C(Cn1c2ccccc2c(=O)c2ccccc21)Nc1ccc2c(ccn2CCN2CCOCC2)c1. The molecule has 3 heterocycles. The first kappa shape index (κ1) is 22.5. The third-order valence-corrected chi connectivity index (χ3v) is 7.00. The van der Waals surface area contributed by atoms with E-state index < -0.39 is 0 Å². The number of morpholine rings is 1. The Morgan fingerprint density at radius 1 is 0.833 bits per heavy atom. The van der Waals surface area contributed by atoms with E-state index in [9.17, 15) is 9.59 Å². The topological polar surface area (TPSA) is 68.5 Å². The molecule has 36 heavy (non-hydrogen) atoms. The summed E-state index contributed by atoms with van der Waals surface area (Å²) in [7, 11) is 0. The van der Waals surface area contributed by atoms with E-state index in [1.54, 1.807) is 0 Å². The van der Waals surface area contributed by atoms with Crippen LogP contribution in [0.25, 0.3) is 32.7 Å². The molecule has 3 aromatic carbocycles. The van der Waals surface area contributed by atoms with E-state index in [1.807, 2.05) is 65.2 Å². The molecule has 0 atom stereocenters. The standard InChI is InChI=1S/C29H28N4O3/c34-28(20-33-26-7-3-1-5-23(26)29(35)24-6-2-4-8-27(24)33)30-22-9-10-25-21(19-22)11-12-32(25)14-13-31-15-17-36-18-16-31/h1-12,19H,13-18,20H2,(H,30,34). The Hall–Kier alpha value is -3.94. The van der Waals surface area contributed by atoms with Gasteiger partial charge in [-0.2, -0.15) is 0 Å². The minimum atomic E-state index is -0.139. The van der Waals surface area contributed by atoms with Crippen molar-refractivity contribution in [3.8, 4) is 0 Å². The van der Waals surface area contributed by atoms with Crippen LogP contribution < -0.4 is 10.7 Å². The van der Waals surface area contributed by atoms with Crippen LogP contribution in [-0.4, -0.2) is 52.8 Å². The number of nitrogens with zero attached hydrogens (tertiary/aromatic N) is 3. The number of anilines is 1. The molecule has 7 nitrogen and oxygen atoms in total. The maximum Gasteiger partial charge on any atom is 0.244 e. The number of hydrogen-bond donors (Lipinski definition) is 1. The molecule has 1 N–H and O–H groups in total. The van der Waals surface area contributed by atoms with Gasteiger partial charge in [0.25, 0.3) is 0 Å². The zero-order chi connectivity index (χ0) is 24.5. The lowest BCUT2D eigenvalue weighted by molar-refractivity contribution is -0.116. The Morgan fingerprint density at radius 3 is 2.25 bits per heavy atom. The number of benzene rings is 3. The molecule has 1 amide bonds. The van der Waals surface area contributed by atoms with Gasteiger partial charge in [-0.15, -0.1) is 0 Å². The molecular formula is C29H28N4O3. The number of hydrogen-bond acceptors (Lipinski definition) is 4. The number of carbonyl (C=O) groups excluding carboxylic acids is 1. The van der Waals surface area contributed by atoms with Gasteiger partial charge in [-0.1, -0.05) is 24.3 Å². The zero-order valence-corrected chi connectivity index (χ0v) is 20.0. The first-order valence-electron chi connectivity index (χ1n) is 12.4. The molecule has 182 valence electrons. The minimum absolute atomic E-state index is 0.0126. The van der Waals surface area contributed by atoms with Crippen molar-refractivity contribution in [3.05, 3.63) is 89.2 Å². The van der Waals surface area contributed by atoms with Crippen LogP contribution in [0.5, 0.6) is 0 Å². The molecule has 1 fully saturated rings. The van der Waals surface area contributed by atoms with Crippen LogP contribution in [0, 0.1) is 0 Å². The van der Waals surface area contributed by atoms with Crippen molar-refractivity contribution < 1.29 is 9.53 Å². The number of nitrogens with one attached hydrogen (secondary N) is 1. The summed E-state index contributed by atoms with van der Waals surface area (Å²) in [6.45, 7) is 5.60. The highest BCUT2D eigenvalue weighted by molar-refractivity contribution is 5.98. The molecule has 5 aromatic rings. The van der Waals surface area contributed by atoms with Gasteiger partial charge in [-0.25, -0.2) is 0 Å². The molecule has 1 aliphatic rings. The van der Waals surface area contributed by atoms with Crippen LogP contribution in [0.1, 0.15) is 0 Å². The van der Waals surface area contributed by atoms with Crippen molar-refractivity contribution in [1.29, 1.82) is 0 Å². The lowest BCUT2D eigenvalue weighted by Gasteiger charge is -2.26. The van der Waals surface area contributed by atoms with Gasteiger partial charge in [-0.3, -0.25) is 14.5 Å². The molecule has 0 bridgehead atoms. The molecule has 6 rings (SSSR count). The molecule has 1 aliphatic heterocycles. The number of aromatic nitrogens is 2. The van der Waals surface area contributed by atoms with Gasteiger partial charge in [0.1, 0.15) is 6.54 Å². The van der Waals surface area contributed by atoms with Gasteiger partial charge >= 0.3 is 0 Å². The fourth-order valence-corrected chi connectivity index (χ4v) is 5.14. The zero-order valence-electron chi connectivity index (χ0n) is 20.0. The van der Waals surface area contributed by atoms with E-state index in [4.69, 9.17) is 4.74 Å².